The molecule has 4 fully saturated rings. The topological polar surface area (TPSA) is 174 Å². The Morgan fingerprint density at radius 1 is 0.243 bits per heavy atom. The Balaban J connectivity index is 0.000000136. The van der Waals surface area contributed by atoms with Gasteiger partial charge in [-0.2, -0.15) is 35.1 Å². The minimum atomic E-state index is -3.41. The Kier molecular flexibility index (Phi) is 38.2. The van der Waals surface area contributed by atoms with Crippen molar-refractivity contribution in [1.82, 2.24) is 19.6 Å². The Morgan fingerprint density at radius 2 is 0.400 bits per heavy atom. The number of hydrogen-bond acceptors (Lipinski definition) is 18. The van der Waals surface area contributed by atoms with Crippen molar-refractivity contribution >= 4 is 67.5 Å². The summed E-state index contributed by atoms with van der Waals surface area (Å²) in [6, 6.07) is 102. The molecule has 0 aromatic heterocycles. The second kappa shape index (κ2) is 50.6. The number of nitrogens with zero attached hydrogens (tertiary/aromatic N) is 4. The normalized spacial score (nSPS) is 15.7. The van der Waals surface area contributed by atoms with Crippen molar-refractivity contribution in [3.8, 4) is 46.0 Å². The van der Waals surface area contributed by atoms with Crippen LogP contribution < -0.4 is 18.9 Å². The number of fused-ring (bicyclic) bond motifs is 8. The molecule has 30 heteroatoms. The van der Waals surface area contributed by atoms with Crippen LogP contribution in [0.2, 0.25) is 0 Å². The number of benzene rings is 12. The van der Waals surface area contributed by atoms with E-state index in [1.165, 1.54) is 81.0 Å². The molecule has 0 amide bonds. The number of halogens is 8. The number of piperidine rings is 2. The third-order valence-electron chi connectivity index (χ3n) is 22.5. The molecule has 8 heterocycles. The van der Waals surface area contributed by atoms with Gasteiger partial charge in [0.25, 0.3) is 0 Å². The first-order valence-corrected chi connectivity index (χ1v) is 51.1. The molecule has 736 valence electrons. The van der Waals surface area contributed by atoms with E-state index in [0.717, 1.165) is 111 Å². The molecule has 0 atom stereocenters. The standard InChI is InChI=1S/4C19H15OS.2C9H15F2NO2.2C8H13F2NO3/c4*1-14-10-12-15(13-11-14)21-18-8-4-2-6-16(18)20-17-7-3-5-9-19(17)21;2*1-9(10,11)8(13)14-7-12-5-3-2-4-6-12;2*1-8(9,10)7(12)14-6-11-2-4-13-5-3-11/h4*2-13H,1H3;2*2-7H2,1H3;2*2-6H2,1H3/q4*+1;;;;. The van der Waals surface area contributed by atoms with Gasteiger partial charge in [-0.3, -0.25) is 19.6 Å². The third kappa shape index (κ3) is 30.2. The second-order valence-corrected chi connectivity index (χ2v) is 41.9. The zero-order valence-electron chi connectivity index (χ0n) is 79.4. The maximum absolute atomic E-state index is 12.4. The van der Waals surface area contributed by atoms with Crippen molar-refractivity contribution in [1.29, 1.82) is 0 Å². The van der Waals surface area contributed by atoms with Crippen LogP contribution in [-0.4, -0.2) is 173 Å². The number of ether oxygens (including phenoxy) is 10. The van der Waals surface area contributed by atoms with E-state index in [0.29, 0.717) is 80.3 Å². The molecule has 0 N–H and O–H groups in total. The summed E-state index contributed by atoms with van der Waals surface area (Å²) < 4.78 is 151. The van der Waals surface area contributed by atoms with Crippen molar-refractivity contribution < 1.29 is 102 Å². The molecule has 0 bridgehead atoms. The number of esters is 4. The highest BCUT2D eigenvalue weighted by Gasteiger charge is 2.45. The van der Waals surface area contributed by atoms with Gasteiger partial charge in [-0.15, -0.1) is 0 Å². The molecule has 20 rings (SSSR count). The van der Waals surface area contributed by atoms with Crippen LogP contribution in [0, 0.1) is 27.7 Å². The number of carbonyl (C=O) groups is 4. The molecular weight excluding hydrogens is 1880 g/mol. The van der Waals surface area contributed by atoms with Crippen LogP contribution in [0.5, 0.6) is 46.0 Å². The number of alkyl halides is 8. The van der Waals surface area contributed by atoms with Crippen molar-refractivity contribution in [3.63, 3.8) is 0 Å². The van der Waals surface area contributed by atoms with Crippen LogP contribution in [0.1, 0.15) is 88.5 Å². The molecule has 12 aromatic carbocycles. The SMILES string of the molecule is CC(F)(F)C(=O)OCN1CCCCC1.CC(F)(F)C(=O)OCN1CCCCC1.CC(F)(F)C(=O)OCN1CCOCC1.CC(F)(F)C(=O)OCN1CCOCC1.Cc1ccc([S+]2c3ccccc3Oc3ccccc32)cc1.Cc1ccc([S+]2c3ccccc3Oc3ccccc32)cc1.Cc1ccc([S+]2c3ccccc3Oc3ccccc32)cc1.Cc1ccc([S+]2c3ccccc3Oc3ccccc32)cc1. The largest absolute Gasteiger partial charge is 0.447 e. The van der Waals surface area contributed by atoms with Gasteiger partial charge < -0.3 is 47.4 Å². The fraction of sp³-hybridized carbons (Fsp3) is 0.309. The monoisotopic (exact) mass is 2000 g/mol. The van der Waals surface area contributed by atoms with Gasteiger partial charge in [-0.1, -0.05) is 181 Å². The van der Waals surface area contributed by atoms with Crippen LogP contribution >= 0.6 is 0 Å². The average Bonchev–Trinajstić information content (AvgIpc) is 0.775. The molecule has 0 unspecified atom stereocenters. The number of likely N-dealkylation sites (tertiary alicyclic amines) is 2. The Hall–Kier alpha value is -11.7. The maximum atomic E-state index is 12.4. The van der Waals surface area contributed by atoms with Gasteiger partial charge in [0.15, 0.2) is 65.6 Å². The second-order valence-electron chi connectivity index (χ2n) is 34.1. The summed E-state index contributed by atoms with van der Waals surface area (Å²) in [5.41, 5.74) is 5.16. The quantitative estimate of drug-likeness (QED) is 0.0386. The molecule has 0 aliphatic carbocycles. The number of rotatable bonds is 16. The van der Waals surface area contributed by atoms with Gasteiger partial charge in [-0.25, -0.2) is 19.2 Å². The summed E-state index contributed by atoms with van der Waals surface area (Å²) in [5, 5.41) is 0. The molecule has 0 spiro atoms. The van der Waals surface area contributed by atoms with Gasteiger partial charge in [0.2, 0.25) is 39.2 Å². The zero-order valence-corrected chi connectivity index (χ0v) is 82.7. The summed E-state index contributed by atoms with van der Waals surface area (Å²) in [6.45, 7) is 18.3. The summed E-state index contributed by atoms with van der Waals surface area (Å²) >= 11 is 0. The van der Waals surface area contributed by atoms with E-state index in [4.69, 9.17) is 28.4 Å². The zero-order chi connectivity index (χ0) is 99.4. The molecule has 12 aromatic rings. The number of morpholine rings is 2. The minimum Gasteiger partial charge on any atom is -0.447 e. The van der Waals surface area contributed by atoms with Gasteiger partial charge >= 0.3 is 47.6 Å². The van der Waals surface area contributed by atoms with Crippen LogP contribution in [0.25, 0.3) is 0 Å². The number of carbonyl (C=O) groups excluding carboxylic acids is 4. The highest BCUT2D eigenvalue weighted by molar-refractivity contribution is 7.98. The highest BCUT2D eigenvalue weighted by Crippen LogP contribution is 2.51. The Labute approximate surface area is 824 Å². The highest BCUT2D eigenvalue weighted by atomic mass is 32.2. The van der Waals surface area contributed by atoms with Gasteiger partial charge in [0.1, 0.15) is 70.5 Å². The fourth-order valence-corrected chi connectivity index (χ4v) is 23.8. The van der Waals surface area contributed by atoms with Gasteiger partial charge in [-0.05, 0) is 199 Å². The molecule has 18 nitrogen and oxygen atoms in total. The first kappa shape index (κ1) is 106. The van der Waals surface area contributed by atoms with Gasteiger partial charge in [0, 0.05) is 80.1 Å². The predicted molar refractivity (Wildman–Crippen MR) is 527 cm³/mol. The van der Waals surface area contributed by atoms with E-state index in [2.05, 4.69) is 289 Å². The van der Waals surface area contributed by atoms with E-state index in [9.17, 15) is 54.3 Å². The Morgan fingerprint density at radius 3 is 0.564 bits per heavy atom. The van der Waals surface area contributed by atoms with Crippen molar-refractivity contribution in [2.45, 2.75) is 176 Å². The lowest BCUT2D eigenvalue weighted by Gasteiger charge is -2.26. The van der Waals surface area contributed by atoms with E-state index in [1.807, 2.05) is 58.3 Å². The summed E-state index contributed by atoms with van der Waals surface area (Å²) in [7, 11) is -0.365. The van der Waals surface area contributed by atoms with Crippen molar-refractivity contribution in [3.05, 3.63) is 313 Å². The number of para-hydroxylation sites is 8. The number of hydrogen-bond donors (Lipinski definition) is 0. The summed E-state index contributed by atoms with van der Waals surface area (Å²) in [5.74, 6) is -11.6. The van der Waals surface area contributed by atoms with Crippen LogP contribution in [0.4, 0.5) is 35.1 Å². The van der Waals surface area contributed by atoms with Crippen molar-refractivity contribution in [2.75, 3.05) is 106 Å². The molecule has 140 heavy (non-hydrogen) atoms. The average molecular weight is 2000 g/mol. The minimum absolute atomic E-state index is 0.0116. The predicted octanol–water partition coefficient (Wildman–Crippen LogP) is 25.0. The molecule has 0 saturated carbocycles. The lowest BCUT2D eigenvalue weighted by Crippen LogP contribution is -2.40. The summed E-state index contributed by atoms with van der Waals surface area (Å²) in [4.78, 5) is 65.5. The van der Waals surface area contributed by atoms with Crippen molar-refractivity contribution in [2.24, 2.45) is 0 Å². The van der Waals surface area contributed by atoms with E-state index in [-0.39, 0.29) is 70.5 Å². The third-order valence-corrected chi connectivity index (χ3v) is 31.7. The van der Waals surface area contributed by atoms with Crippen LogP contribution in [0.15, 0.2) is 350 Å². The molecule has 8 aliphatic heterocycles. The molecular formula is C110H116F8N4O14S4+4. The molecule has 8 aliphatic rings. The maximum Gasteiger partial charge on any atom is 0.377 e. The van der Waals surface area contributed by atoms with E-state index in [1.54, 1.807) is 9.80 Å². The number of aryl methyl sites for hydroxylation is 4. The summed E-state index contributed by atoms with van der Waals surface area (Å²) in [6.07, 6.45) is 6.49. The lowest BCUT2D eigenvalue weighted by atomic mass is 10.1. The van der Waals surface area contributed by atoms with Gasteiger partial charge in [0.05, 0.1) is 26.4 Å². The van der Waals surface area contributed by atoms with E-state index < -0.39 is 47.6 Å². The molecule has 4 saturated heterocycles. The smallest absolute Gasteiger partial charge is 0.377 e. The van der Waals surface area contributed by atoms with Crippen LogP contribution in [0.3, 0.4) is 0 Å². The fourth-order valence-electron chi connectivity index (χ4n) is 15.0. The first-order valence-electron chi connectivity index (χ1n) is 46.2. The molecule has 0 radical (unpaired) electrons. The lowest BCUT2D eigenvalue weighted by molar-refractivity contribution is -0.176. The van der Waals surface area contributed by atoms with Crippen LogP contribution in [-0.2, 0) is 91.2 Å². The Bertz CT molecular complexity index is 5120. The first-order chi connectivity index (χ1) is 67.3. The van der Waals surface area contributed by atoms with E-state index >= 15 is 0 Å².